The molecule has 0 aromatic heterocycles. The fourth-order valence-corrected chi connectivity index (χ4v) is 3.31. The number of amides is 2. The number of ether oxygens (including phenoxy) is 2. The van der Waals surface area contributed by atoms with E-state index in [-0.39, 0.29) is 30.6 Å². The molecule has 0 atom stereocenters. The Kier molecular flexibility index (Phi) is 4.98. The van der Waals surface area contributed by atoms with Crippen molar-refractivity contribution in [3.05, 3.63) is 53.1 Å². The fourth-order valence-electron chi connectivity index (χ4n) is 3.31. The Hall–Kier alpha value is -2.82. The summed E-state index contributed by atoms with van der Waals surface area (Å²) >= 11 is 0. The van der Waals surface area contributed by atoms with Gasteiger partial charge in [-0.25, -0.2) is 0 Å². The van der Waals surface area contributed by atoms with E-state index in [1.807, 2.05) is 44.2 Å². The number of methoxy groups -OCH3 is 2. The third-order valence-corrected chi connectivity index (χ3v) is 4.97. The lowest BCUT2D eigenvalue weighted by Crippen LogP contribution is -2.42. The van der Waals surface area contributed by atoms with Gasteiger partial charge in [-0.3, -0.25) is 14.5 Å². The van der Waals surface area contributed by atoms with Crippen molar-refractivity contribution in [3.63, 3.8) is 0 Å². The van der Waals surface area contributed by atoms with E-state index >= 15 is 0 Å². The highest BCUT2D eigenvalue weighted by molar-refractivity contribution is 6.17. The Morgan fingerprint density at radius 1 is 0.846 bits per heavy atom. The summed E-state index contributed by atoms with van der Waals surface area (Å²) in [4.78, 5) is 26.7. The van der Waals surface area contributed by atoms with Crippen molar-refractivity contribution in [1.29, 1.82) is 0 Å². The average molecular weight is 353 g/mol. The number of rotatable bonds is 4. The zero-order valence-corrected chi connectivity index (χ0v) is 15.5. The number of aryl methyl sites for hydroxylation is 2. The second-order valence-electron chi connectivity index (χ2n) is 6.61. The molecule has 2 amide bonds. The maximum atomic E-state index is 12.7. The number of imide groups is 1. The lowest BCUT2D eigenvalue weighted by molar-refractivity contribution is -0.129. The molecular formula is C21H23NO4. The van der Waals surface area contributed by atoms with Crippen molar-refractivity contribution in [2.75, 3.05) is 19.1 Å². The molecule has 0 radical (unpaired) electrons. The number of piperidine rings is 1. The van der Waals surface area contributed by atoms with Gasteiger partial charge in [0.05, 0.1) is 19.9 Å². The van der Waals surface area contributed by atoms with E-state index in [4.69, 9.17) is 9.47 Å². The molecule has 1 aliphatic heterocycles. The molecule has 0 saturated carbocycles. The fraction of sp³-hybridized carbons (Fsp3) is 0.333. The molecular weight excluding hydrogens is 330 g/mol. The summed E-state index contributed by atoms with van der Waals surface area (Å²) in [5, 5.41) is 0. The van der Waals surface area contributed by atoms with Crippen molar-refractivity contribution in [1.82, 2.24) is 0 Å². The van der Waals surface area contributed by atoms with Gasteiger partial charge >= 0.3 is 0 Å². The highest BCUT2D eigenvalue weighted by Gasteiger charge is 2.34. The highest BCUT2D eigenvalue weighted by Crippen LogP contribution is 2.36. The van der Waals surface area contributed by atoms with Crippen molar-refractivity contribution in [3.8, 4) is 11.5 Å². The van der Waals surface area contributed by atoms with Gasteiger partial charge in [-0.15, -0.1) is 0 Å². The van der Waals surface area contributed by atoms with E-state index in [0.717, 1.165) is 16.7 Å². The predicted molar refractivity (Wildman–Crippen MR) is 99.9 cm³/mol. The Morgan fingerprint density at radius 2 is 1.50 bits per heavy atom. The van der Waals surface area contributed by atoms with Crippen LogP contribution in [0.15, 0.2) is 36.4 Å². The first-order valence-electron chi connectivity index (χ1n) is 8.59. The summed E-state index contributed by atoms with van der Waals surface area (Å²) in [7, 11) is 3.15. The summed E-state index contributed by atoms with van der Waals surface area (Å²) in [6.07, 6.45) is 0.572. The number of carbonyl (C=O) groups is 2. The van der Waals surface area contributed by atoms with Crippen molar-refractivity contribution in [2.45, 2.75) is 32.6 Å². The maximum Gasteiger partial charge on any atom is 0.234 e. The molecule has 0 bridgehead atoms. The molecule has 0 spiro atoms. The SMILES string of the molecule is COc1ccc(C2CC(=O)N(c3ccc(C)c(C)c3)C(=O)C2)cc1OC. The molecule has 0 N–H and O–H groups in total. The lowest BCUT2D eigenvalue weighted by atomic mass is 9.88. The lowest BCUT2D eigenvalue weighted by Gasteiger charge is -2.30. The molecule has 1 aliphatic rings. The van der Waals surface area contributed by atoms with Crippen LogP contribution in [0.4, 0.5) is 5.69 Å². The van der Waals surface area contributed by atoms with Crippen LogP contribution in [0.25, 0.3) is 0 Å². The van der Waals surface area contributed by atoms with E-state index in [1.165, 1.54) is 4.90 Å². The van der Waals surface area contributed by atoms with E-state index in [0.29, 0.717) is 17.2 Å². The molecule has 2 aromatic carbocycles. The third-order valence-electron chi connectivity index (χ3n) is 4.97. The number of nitrogens with zero attached hydrogens (tertiary/aromatic N) is 1. The van der Waals surface area contributed by atoms with Crippen molar-refractivity contribution in [2.24, 2.45) is 0 Å². The average Bonchev–Trinajstić information content (AvgIpc) is 2.63. The molecule has 5 heteroatoms. The molecule has 3 rings (SSSR count). The van der Waals surface area contributed by atoms with Crippen molar-refractivity contribution < 1.29 is 19.1 Å². The first-order chi connectivity index (χ1) is 12.4. The minimum Gasteiger partial charge on any atom is -0.493 e. The second kappa shape index (κ2) is 7.20. The molecule has 2 aromatic rings. The molecule has 0 unspecified atom stereocenters. The van der Waals surface area contributed by atoms with Gasteiger partial charge in [-0.05, 0) is 54.8 Å². The maximum absolute atomic E-state index is 12.7. The first-order valence-corrected chi connectivity index (χ1v) is 8.59. The van der Waals surface area contributed by atoms with Gasteiger partial charge in [0.15, 0.2) is 11.5 Å². The summed E-state index contributed by atoms with van der Waals surface area (Å²) in [5.41, 5.74) is 3.75. The van der Waals surface area contributed by atoms with Gasteiger partial charge in [-0.1, -0.05) is 12.1 Å². The van der Waals surface area contributed by atoms with Crippen LogP contribution in [0.5, 0.6) is 11.5 Å². The van der Waals surface area contributed by atoms with Crippen LogP contribution in [-0.4, -0.2) is 26.0 Å². The van der Waals surface area contributed by atoms with Gasteiger partial charge in [-0.2, -0.15) is 0 Å². The van der Waals surface area contributed by atoms with E-state index < -0.39 is 0 Å². The summed E-state index contributed by atoms with van der Waals surface area (Å²) in [6, 6.07) is 11.2. The molecule has 26 heavy (non-hydrogen) atoms. The third kappa shape index (κ3) is 3.29. The molecule has 1 saturated heterocycles. The van der Waals surface area contributed by atoms with E-state index in [9.17, 15) is 9.59 Å². The van der Waals surface area contributed by atoms with Gasteiger partial charge in [0.1, 0.15) is 0 Å². The zero-order valence-electron chi connectivity index (χ0n) is 15.5. The highest BCUT2D eigenvalue weighted by atomic mass is 16.5. The minimum absolute atomic E-state index is 0.155. The van der Waals surface area contributed by atoms with Crippen LogP contribution < -0.4 is 14.4 Å². The molecule has 0 aliphatic carbocycles. The molecule has 5 nitrogen and oxygen atoms in total. The number of carbonyl (C=O) groups excluding carboxylic acids is 2. The first kappa shape index (κ1) is 18.0. The van der Waals surface area contributed by atoms with Gasteiger partial charge in [0, 0.05) is 18.8 Å². The number of benzene rings is 2. The summed E-state index contributed by atoms with van der Waals surface area (Å²) in [6.45, 7) is 3.98. The molecule has 1 heterocycles. The summed E-state index contributed by atoms with van der Waals surface area (Å²) < 4.78 is 10.6. The second-order valence-corrected chi connectivity index (χ2v) is 6.61. The minimum atomic E-state index is -0.177. The number of hydrogen-bond donors (Lipinski definition) is 0. The summed E-state index contributed by atoms with van der Waals surface area (Å²) in [5.74, 6) is 0.717. The number of anilines is 1. The normalized spacial score (nSPS) is 15.3. The van der Waals surface area contributed by atoms with Gasteiger partial charge in [0.2, 0.25) is 11.8 Å². The predicted octanol–water partition coefficient (Wildman–Crippen LogP) is 3.76. The topological polar surface area (TPSA) is 55.8 Å². The Bertz CT molecular complexity index is 841. The Morgan fingerprint density at radius 3 is 2.08 bits per heavy atom. The number of hydrogen-bond acceptors (Lipinski definition) is 4. The Labute approximate surface area is 153 Å². The quantitative estimate of drug-likeness (QED) is 0.786. The Balaban J connectivity index is 1.85. The van der Waals surface area contributed by atoms with Crippen LogP contribution in [0.2, 0.25) is 0 Å². The van der Waals surface area contributed by atoms with E-state index in [1.54, 1.807) is 20.3 Å². The van der Waals surface area contributed by atoms with E-state index in [2.05, 4.69) is 0 Å². The standard InChI is InChI=1S/C21H23NO4/c1-13-5-7-17(9-14(13)2)22-20(23)11-16(12-21(22)24)15-6-8-18(25-3)19(10-15)26-4/h5-10,16H,11-12H2,1-4H3. The monoisotopic (exact) mass is 353 g/mol. The van der Waals surface area contributed by atoms with Crippen LogP contribution in [0.3, 0.4) is 0 Å². The van der Waals surface area contributed by atoms with Gasteiger partial charge in [0.25, 0.3) is 0 Å². The van der Waals surface area contributed by atoms with Crippen molar-refractivity contribution >= 4 is 17.5 Å². The van der Waals surface area contributed by atoms with Crippen LogP contribution in [0, 0.1) is 13.8 Å². The molecule has 136 valence electrons. The molecule has 1 fully saturated rings. The van der Waals surface area contributed by atoms with Gasteiger partial charge < -0.3 is 9.47 Å². The smallest absolute Gasteiger partial charge is 0.234 e. The van der Waals surface area contributed by atoms with Crippen LogP contribution in [-0.2, 0) is 9.59 Å². The largest absolute Gasteiger partial charge is 0.493 e. The van der Waals surface area contributed by atoms with Crippen LogP contribution >= 0.6 is 0 Å². The zero-order chi connectivity index (χ0) is 18.8. The van der Waals surface area contributed by atoms with Crippen LogP contribution in [0.1, 0.15) is 35.4 Å².